The Kier molecular flexibility index (Phi) is 24.2. The first-order valence-corrected chi connectivity index (χ1v) is 13.4. The van der Waals surface area contributed by atoms with E-state index in [1.807, 2.05) is 69.2 Å². The van der Waals surface area contributed by atoms with Crippen LogP contribution in [0.15, 0.2) is 9.98 Å². The fourth-order valence-corrected chi connectivity index (χ4v) is 2.96. The molecular weight excluding hydrogens is 607 g/mol. The number of nitrogens with zero attached hydrogens (tertiary/aromatic N) is 11. The molecule has 42 heavy (non-hydrogen) atoms. The first-order chi connectivity index (χ1) is 19.5. The van der Waals surface area contributed by atoms with Gasteiger partial charge in [0.2, 0.25) is 0 Å². The van der Waals surface area contributed by atoms with Crippen LogP contribution in [0.3, 0.4) is 0 Å². The molecule has 0 amide bonds. The van der Waals surface area contributed by atoms with Crippen molar-refractivity contribution in [3.63, 3.8) is 0 Å². The maximum absolute atomic E-state index is 6.68. The topological polar surface area (TPSA) is 177 Å². The van der Waals surface area contributed by atoms with Crippen LogP contribution >= 0.6 is 0 Å². The van der Waals surface area contributed by atoms with Gasteiger partial charge in [0.25, 0.3) is 0 Å². The normalized spacial score (nSPS) is 11.5. The minimum absolute atomic E-state index is 0. The zero-order valence-corrected chi connectivity index (χ0v) is 29.5. The molecule has 0 saturated carbocycles. The Morgan fingerprint density at radius 3 is 1.43 bits per heavy atom. The molecule has 3 aromatic rings. The van der Waals surface area contributed by atoms with E-state index in [0.29, 0.717) is 11.6 Å². The van der Waals surface area contributed by atoms with Gasteiger partial charge in [0.05, 0.1) is 13.1 Å². The summed E-state index contributed by atoms with van der Waals surface area (Å²) < 4.78 is 6.68. The van der Waals surface area contributed by atoms with Gasteiger partial charge in [-0.2, -0.15) is 0 Å². The van der Waals surface area contributed by atoms with Gasteiger partial charge in [0, 0.05) is 63.1 Å². The van der Waals surface area contributed by atoms with Gasteiger partial charge in [-0.1, -0.05) is 55.9 Å². The molecule has 1 aliphatic rings. The van der Waals surface area contributed by atoms with Crippen LogP contribution in [0.4, 0.5) is 5.95 Å². The number of rotatable bonds is 4. The molecule has 2 N–H and O–H groups in total. The number of aliphatic imine (C=N–C) groups is 2. The van der Waals surface area contributed by atoms with Gasteiger partial charge in [0.1, 0.15) is 35.3 Å². The van der Waals surface area contributed by atoms with E-state index in [4.69, 9.17) is 1.41 Å². The largest absolute Gasteiger partial charge is 0.410 e. The zero-order valence-electron chi connectivity index (χ0n) is 27.6. The van der Waals surface area contributed by atoms with Crippen molar-refractivity contribution in [2.24, 2.45) is 9.98 Å². The summed E-state index contributed by atoms with van der Waals surface area (Å²) in [6.45, 7) is 23.1. The number of aryl methyl sites for hydroxylation is 7. The van der Waals surface area contributed by atoms with Crippen molar-refractivity contribution in [2.75, 3.05) is 0 Å². The van der Waals surface area contributed by atoms with Crippen molar-refractivity contribution in [3.05, 3.63) is 52.8 Å². The van der Waals surface area contributed by atoms with Crippen LogP contribution in [0.25, 0.3) is 5.73 Å². The average molecular weight is 659 g/mol. The van der Waals surface area contributed by atoms with E-state index in [1.54, 1.807) is 6.92 Å². The summed E-state index contributed by atoms with van der Waals surface area (Å²) in [5.74, 6) is 7.37. The summed E-state index contributed by atoms with van der Waals surface area (Å²) in [5, 5.41) is 3.04. The van der Waals surface area contributed by atoms with Crippen molar-refractivity contribution < 1.29 is 34.1 Å². The van der Waals surface area contributed by atoms with Gasteiger partial charge < -0.3 is 36.0 Å². The molecule has 3 aromatic heterocycles. The van der Waals surface area contributed by atoms with Crippen LogP contribution in [0.5, 0.6) is 0 Å². The van der Waals surface area contributed by atoms with Crippen molar-refractivity contribution in [2.45, 2.75) is 116 Å². The molecule has 4 heterocycles. The van der Waals surface area contributed by atoms with E-state index in [0.717, 1.165) is 60.1 Å². The zero-order chi connectivity index (χ0) is 31.4. The van der Waals surface area contributed by atoms with Crippen molar-refractivity contribution >= 4 is 17.6 Å². The SMILES string of the molecule is C.CC.CCC1N=C(C)NC(C)=N1.CCc1nc(C)nc(C)n1.Cc1n[c-]nc(C)n1.[3H][N-]c1nc(C)nc(CC)n1.[Y]. The van der Waals surface area contributed by atoms with Gasteiger partial charge >= 0.3 is 0 Å². The standard InChI is InChI=1S/C7H13N3.C7H11N3.C6H9N4.C5H6N3.C2H6.CH4.Y/c2*1-4-7-9-5(2)8-6(3)10-7;1-3-5-8-4(2)9-6(7)10-5;1-4-6-3-7-5(2)8-4;1-2;;/h7H,4H2,1-3H3,(H,8,9,10);4H2,1-3H3;3H2,1-2H3,(H-,7,8,9,10);1-2H3;1-2H3;1H4;/q;;2*-1;;;/i/hT. The number of amidine groups is 2. The Balaban J connectivity index is -0.000000481. The second kappa shape index (κ2) is 24.7. The fourth-order valence-electron chi connectivity index (χ4n) is 2.96. The monoisotopic (exact) mass is 658 g/mol. The number of aromatic nitrogens is 9. The maximum atomic E-state index is 6.68. The first-order valence-electron chi connectivity index (χ1n) is 13.9. The van der Waals surface area contributed by atoms with Gasteiger partial charge in [-0.05, 0) is 47.5 Å². The molecule has 13 nitrogen and oxygen atoms in total. The summed E-state index contributed by atoms with van der Waals surface area (Å²) in [5.41, 5.74) is 3.13. The van der Waals surface area contributed by atoms with Crippen molar-refractivity contribution in [1.82, 2.24) is 50.2 Å². The van der Waals surface area contributed by atoms with Crippen LogP contribution in [0, 0.1) is 40.9 Å². The smallest absolute Gasteiger partial charge is 0.143 e. The molecule has 14 heteroatoms. The molecule has 4 rings (SSSR count). The minimum atomic E-state index is 0. The second-order valence-electron chi connectivity index (χ2n) is 8.12. The molecule has 0 atom stereocenters. The Morgan fingerprint density at radius 2 is 1.07 bits per heavy atom. The van der Waals surface area contributed by atoms with E-state index >= 15 is 0 Å². The van der Waals surface area contributed by atoms with Crippen LogP contribution in [-0.2, 0) is 45.6 Å². The summed E-state index contributed by atoms with van der Waals surface area (Å²) in [6.07, 6.45) is 5.22. The third-order valence-corrected chi connectivity index (χ3v) is 4.48. The average Bonchev–Trinajstić information content (AvgIpc) is 2.93. The summed E-state index contributed by atoms with van der Waals surface area (Å²) in [4.78, 5) is 43.9. The summed E-state index contributed by atoms with van der Waals surface area (Å²) in [6, 6.07) is 0. The Bertz CT molecular complexity index is 1160. The first kappa shape index (κ1) is 41.2. The molecule has 0 fully saturated rings. The van der Waals surface area contributed by atoms with E-state index in [9.17, 15) is 0 Å². The van der Waals surface area contributed by atoms with Crippen LogP contribution in [0.1, 0.15) is 103 Å². The maximum Gasteiger partial charge on any atom is 0.143 e. The van der Waals surface area contributed by atoms with Crippen LogP contribution < -0.4 is 5.32 Å². The molecule has 1 aliphatic heterocycles. The Morgan fingerprint density at radius 1 is 0.667 bits per heavy atom. The van der Waals surface area contributed by atoms with Gasteiger partial charge in [-0.3, -0.25) is 4.98 Å². The van der Waals surface area contributed by atoms with Crippen LogP contribution in [-0.4, -0.2) is 62.7 Å². The molecule has 0 aliphatic carbocycles. The van der Waals surface area contributed by atoms with Crippen molar-refractivity contribution in [1.29, 1.82) is 0 Å². The third kappa shape index (κ3) is 20.0. The minimum Gasteiger partial charge on any atom is -0.410 e. The van der Waals surface area contributed by atoms with E-state index in [1.165, 1.54) is 0 Å². The van der Waals surface area contributed by atoms with Gasteiger partial charge in [0.15, 0.2) is 0 Å². The molecule has 231 valence electrons. The molecule has 0 saturated heterocycles. The van der Waals surface area contributed by atoms with Crippen LogP contribution in [0.2, 0.25) is 1.41 Å². The second-order valence-corrected chi connectivity index (χ2v) is 8.12. The predicted molar refractivity (Wildman–Crippen MR) is 166 cm³/mol. The molecule has 0 spiro atoms. The van der Waals surface area contributed by atoms with E-state index in [2.05, 4.69) is 79.1 Å². The third-order valence-electron chi connectivity index (χ3n) is 4.48. The summed E-state index contributed by atoms with van der Waals surface area (Å²) in [7, 11) is 0. The predicted octanol–water partition coefficient (Wildman–Crippen LogP) is 5.59. The van der Waals surface area contributed by atoms with Crippen molar-refractivity contribution in [3.8, 4) is 0 Å². The Labute approximate surface area is 279 Å². The van der Waals surface area contributed by atoms with E-state index < -0.39 is 0 Å². The quantitative estimate of drug-likeness (QED) is 0.348. The molecule has 1 radical (unpaired) electrons. The van der Waals surface area contributed by atoms with Gasteiger partial charge in [-0.15, -0.1) is 0 Å². The molecular formula is C28H49N13Y-2. The number of nitrogens with one attached hydrogen (secondary N) is 2. The number of hydrogen-bond acceptors (Lipinski definition) is 12. The van der Waals surface area contributed by atoms with Gasteiger partial charge in [-0.25, -0.2) is 24.9 Å². The molecule has 0 bridgehead atoms. The van der Waals surface area contributed by atoms with E-state index in [-0.39, 0.29) is 52.2 Å². The molecule has 0 aromatic carbocycles. The fraction of sp³-hybridized carbons (Fsp3) is 0.607. The summed E-state index contributed by atoms with van der Waals surface area (Å²) >= 11 is 0. The molecule has 0 unspecified atom stereocenters. The Hall–Kier alpha value is -2.93. The number of hydrogen-bond donors (Lipinski definition) is 1.